The molecule has 0 aliphatic heterocycles. The molecule has 0 radical (unpaired) electrons. The van der Waals surface area contributed by atoms with Crippen LogP contribution in [0.25, 0.3) is 0 Å². The fourth-order valence-corrected chi connectivity index (χ4v) is 1.47. The lowest BCUT2D eigenvalue weighted by Crippen LogP contribution is -2.35. The molecule has 4 heteroatoms. The van der Waals surface area contributed by atoms with Crippen LogP contribution in [0.5, 0.6) is 0 Å². The van der Waals surface area contributed by atoms with Gasteiger partial charge in [0.15, 0.2) is 0 Å². The van der Waals surface area contributed by atoms with E-state index in [1.165, 1.54) is 0 Å². The van der Waals surface area contributed by atoms with E-state index in [4.69, 9.17) is 9.47 Å². The number of ketones is 1. The van der Waals surface area contributed by atoms with Gasteiger partial charge in [0.05, 0.1) is 19.8 Å². The molecule has 1 aliphatic carbocycles. The van der Waals surface area contributed by atoms with Gasteiger partial charge in [-0.05, 0) is 12.8 Å². The summed E-state index contributed by atoms with van der Waals surface area (Å²) in [5, 5.41) is 0. The van der Waals surface area contributed by atoms with Crippen LogP contribution >= 0.6 is 0 Å². The summed E-state index contributed by atoms with van der Waals surface area (Å²) in [7, 11) is 3.36. The minimum Gasteiger partial charge on any atom is -0.383 e. The number of methoxy groups -OCH3 is 2. The van der Waals surface area contributed by atoms with E-state index in [0.29, 0.717) is 31.5 Å². The molecule has 0 unspecified atom stereocenters. The summed E-state index contributed by atoms with van der Waals surface area (Å²) in [5.41, 5.74) is 0. The molecule has 88 valence electrons. The van der Waals surface area contributed by atoms with Crippen molar-refractivity contribution in [2.75, 3.05) is 47.1 Å². The zero-order valence-electron chi connectivity index (χ0n) is 9.70. The Hall–Kier alpha value is -0.450. The third kappa shape index (κ3) is 5.25. The average Bonchev–Trinajstić information content (AvgIpc) is 3.05. The van der Waals surface area contributed by atoms with Crippen molar-refractivity contribution in [2.24, 2.45) is 5.92 Å². The van der Waals surface area contributed by atoms with Gasteiger partial charge in [0.1, 0.15) is 5.78 Å². The average molecular weight is 215 g/mol. The minimum absolute atomic E-state index is 0.345. The van der Waals surface area contributed by atoms with Gasteiger partial charge in [-0.15, -0.1) is 0 Å². The van der Waals surface area contributed by atoms with Crippen molar-refractivity contribution in [1.29, 1.82) is 0 Å². The van der Waals surface area contributed by atoms with E-state index in [2.05, 4.69) is 4.90 Å². The van der Waals surface area contributed by atoms with Crippen LogP contribution in [-0.4, -0.2) is 57.8 Å². The molecule has 0 aromatic rings. The summed E-state index contributed by atoms with van der Waals surface area (Å²) in [5.74, 6) is 0.722. The molecule has 1 fully saturated rings. The van der Waals surface area contributed by atoms with E-state index in [1.807, 2.05) is 0 Å². The second-order valence-electron chi connectivity index (χ2n) is 4.00. The molecule has 1 rings (SSSR count). The number of ether oxygens (including phenoxy) is 2. The van der Waals surface area contributed by atoms with Gasteiger partial charge in [0, 0.05) is 33.2 Å². The first-order valence-electron chi connectivity index (χ1n) is 5.51. The highest BCUT2D eigenvalue weighted by Gasteiger charge is 2.30. The molecular formula is C11H21NO3. The van der Waals surface area contributed by atoms with Crippen LogP contribution in [0.2, 0.25) is 0 Å². The lowest BCUT2D eigenvalue weighted by Gasteiger charge is -2.20. The monoisotopic (exact) mass is 215 g/mol. The molecule has 0 bridgehead atoms. The Morgan fingerprint density at radius 3 is 2.13 bits per heavy atom. The molecule has 0 aromatic carbocycles. The molecule has 0 amide bonds. The van der Waals surface area contributed by atoms with Gasteiger partial charge >= 0.3 is 0 Å². The number of hydrogen-bond acceptors (Lipinski definition) is 4. The summed E-state index contributed by atoms with van der Waals surface area (Å²) < 4.78 is 10.0. The van der Waals surface area contributed by atoms with Crippen LogP contribution < -0.4 is 0 Å². The van der Waals surface area contributed by atoms with E-state index < -0.39 is 0 Å². The van der Waals surface area contributed by atoms with Crippen LogP contribution in [0, 0.1) is 5.92 Å². The number of carbonyl (C=O) groups excluding carboxylic acids is 1. The van der Waals surface area contributed by atoms with Crippen molar-refractivity contribution in [3.05, 3.63) is 0 Å². The number of rotatable bonds is 9. The van der Waals surface area contributed by atoms with Crippen LogP contribution in [0.3, 0.4) is 0 Å². The second kappa shape index (κ2) is 6.93. The topological polar surface area (TPSA) is 38.8 Å². The first-order chi connectivity index (χ1) is 7.27. The van der Waals surface area contributed by atoms with Gasteiger partial charge in [-0.25, -0.2) is 0 Å². The van der Waals surface area contributed by atoms with E-state index in [1.54, 1.807) is 14.2 Å². The van der Waals surface area contributed by atoms with Gasteiger partial charge in [0.2, 0.25) is 0 Å². The summed E-state index contributed by atoms with van der Waals surface area (Å²) in [6.07, 6.45) is 2.17. The normalized spacial score (nSPS) is 15.9. The zero-order chi connectivity index (χ0) is 11.1. The van der Waals surface area contributed by atoms with Crippen molar-refractivity contribution in [1.82, 2.24) is 4.90 Å². The highest BCUT2D eigenvalue weighted by atomic mass is 16.5. The molecule has 1 aliphatic rings. The molecule has 1 saturated carbocycles. The van der Waals surface area contributed by atoms with Crippen molar-refractivity contribution in [3.8, 4) is 0 Å². The third-order valence-electron chi connectivity index (χ3n) is 2.64. The van der Waals surface area contributed by atoms with Gasteiger partial charge in [-0.3, -0.25) is 9.69 Å². The van der Waals surface area contributed by atoms with E-state index in [0.717, 1.165) is 25.9 Å². The Bertz CT molecular complexity index is 184. The van der Waals surface area contributed by atoms with Crippen molar-refractivity contribution in [2.45, 2.75) is 12.8 Å². The van der Waals surface area contributed by atoms with Crippen molar-refractivity contribution >= 4 is 5.78 Å². The predicted octanol–water partition coefficient (Wildman–Crippen LogP) is 0.560. The molecule has 0 N–H and O–H groups in total. The summed E-state index contributed by atoms with van der Waals surface area (Å²) in [6.45, 7) is 3.50. The van der Waals surface area contributed by atoms with Gasteiger partial charge in [-0.2, -0.15) is 0 Å². The first kappa shape index (κ1) is 12.6. The fourth-order valence-electron chi connectivity index (χ4n) is 1.47. The molecule has 4 nitrogen and oxygen atoms in total. The van der Waals surface area contributed by atoms with Gasteiger partial charge in [0.25, 0.3) is 0 Å². The molecule has 15 heavy (non-hydrogen) atoms. The molecule has 0 saturated heterocycles. The van der Waals surface area contributed by atoms with Crippen molar-refractivity contribution < 1.29 is 14.3 Å². The Labute approximate surface area is 91.5 Å². The number of carbonyl (C=O) groups is 1. The minimum atomic E-state index is 0.345. The van der Waals surface area contributed by atoms with E-state index in [9.17, 15) is 4.79 Å². The summed E-state index contributed by atoms with van der Waals surface area (Å²) in [4.78, 5) is 13.7. The Morgan fingerprint density at radius 1 is 1.20 bits per heavy atom. The maximum Gasteiger partial charge on any atom is 0.149 e. The fraction of sp³-hybridized carbons (Fsp3) is 0.909. The second-order valence-corrected chi connectivity index (χ2v) is 4.00. The zero-order valence-corrected chi connectivity index (χ0v) is 9.70. The first-order valence-corrected chi connectivity index (χ1v) is 5.51. The Kier molecular flexibility index (Phi) is 5.83. The Balaban J connectivity index is 2.22. The predicted molar refractivity (Wildman–Crippen MR) is 57.9 cm³/mol. The highest BCUT2D eigenvalue weighted by Crippen LogP contribution is 2.29. The smallest absolute Gasteiger partial charge is 0.149 e. The molecular weight excluding hydrogens is 194 g/mol. The van der Waals surface area contributed by atoms with Gasteiger partial charge in [-0.1, -0.05) is 0 Å². The van der Waals surface area contributed by atoms with E-state index in [-0.39, 0.29) is 0 Å². The number of Topliss-reactive ketones (excluding diaryl/α,β-unsaturated/α-hetero) is 1. The number of hydrogen-bond donors (Lipinski definition) is 0. The SMILES string of the molecule is COCCN(CCOC)CC(=O)C1CC1. The third-order valence-corrected chi connectivity index (χ3v) is 2.64. The van der Waals surface area contributed by atoms with Crippen molar-refractivity contribution in [3.63, 3.8) is 0 Å². The van der Waals surface area contributed by atoms with Crippen LogP contribution in [0.1, 0.15) is 12.8 Å². The molecule has 0 heterocycles. The summed E-state index contributed by atoms with van der Waals surface area (Å²) in [6, 6.07) is 0. The summed E-state index contributed by atoms with van der Waals surface area (Å²) >= 11 is 0. The standard InChI is InChI=1S/C11H21NO3/c1-14-7-5-12(6-8-15-2)9-11(13)10-3-4-10/h10H,3-9H2,1-2H3. The lowest BCUT2D eigenvalue weighted by atomic mass is 10.2. The van der Waals surface area contributed by atoms with Crippen LogP contribution in [0.4, 0.5) is 0 Å². The van der Waals surface area contributed by atoms with Crippen LogP contribution in [-0.2, 0) is 14.3 Å². The van der Waals surface area contributed by atoms with E-state index >= 15 is 0 Å². The van der Waals surface area contributed by atoms with Crippen LogP contribution in [0.15, 0.2) is 0 Å². The maximum absolute atomic E-state index is 11.6. The molecule has 0 atom stereocenters. The maximum atomic E-state index is 11.6. The largest absolute Gasteiger partial charge is 0.383 e. The molecule has 0 spiro atoms. The highest BCUT2D eigenvalue weighted by molar-refractivity contribution is 5.84. The quantitative estimate of drug-likeness (QED) is 0.563. The van der Waals surface area contributed by atoms with Gasteiger partial charge < -0.3 is 9.47 Å². The number of nitrogens with zero attached hydrogens (tertiary/aromatic N) is 1. The molecule has 0 aromatic heterocycles. The lowest BCUT2D eigenvalue weighted by molar-refractivity contribution is -0.121. The Morgan fingerprint density at radius 2 is 1.73 bits per heavy atom.